The minimum absolute atomic E-state index is 0.239. The lowest BCUT2D eigenvalue weighted by Crippen LogP contribution is -2.32. The molecule has 3 nitrogen and oxygen atoms in total. The van der Waals surface area contributed by atoms with Crippen molar-refractivity contribution in [1.29, 1.82) is 0 Å². The van der Waals surface area contributed by atoms with Crippen molar-refractivity contribution in [3.8, 4) is 0 Å². The highest BCUT2D eigenvalue weighted by atomic mass is 16.6. The number of hydrogen-bond acceptors (Lipinski definition) is 3. The van der Waals surface area contributed by atoms with Crippen LogP contribution < -0.4 is 0 Å². The molecule has 2 unspecified atom stereocenters. The molecule has 0 radical (unpaired) electrons. The Hall–Kier alpha value is -0.570. The molecule has 1 heterocycles. The Kier molecular flexibility index (Phi) is 2.88. The molecule has 0 aromatic rings. The third-order valence-corrected chi connectivity index (χ3v) is 2.01. The van der Waals surface area contributed by atoms with Crippen LogP contribution in [-0.4, -0.2) is 25.8 Å². The summed E-state index contributed by atoms with van der Waals surface area (Å²) >= 11 is 0. The van der Waals surface area contributed by atoms with E-state index in [0.29, 0.717) is 12.5 Å². The first-order valence-corrected chi connectivity index (χ1v) is 3.93. The Balaban J connectivity index is 2.39. The number of methoxy groups -OCH3 is 1. The van der Waals surface area contributed by atoms with Crippen molar-refractivity contribution < 1.29 is 14.3 Å². The second-order valence-corrected chi connectivity index (χ2v) is 3.01. The second kappa shape index (κ2) is 3.72. The Labute approximate surface area is 66.7 Å². The van der Waals surface area contributed by atoms with Crippen LogP contribution in [0.1, 0.15) is 19.8 Å². The Morgan fingerprint density at radius 1 is 1.64 bits per heavy atom. The van der Waals surface area contributed by atoms with E-state index in [-0.39, 0.29) is 12.1 Å². The number of carbonyl (C=O) groups excluding carboxylic acids is 1. The summed E-state index contributed by atoms with van der Waals surface area (Å²) in [5.41, 5.74) is 0. The van der Waals surface area contributed by atoms with Crippen LogP contribution in [0.4, 0.5) is 0 Å². The number of rotatable bonds is 1. The number of carbonyl (C=O) groups is 1. The quantitative estimate of drug-likeness (QED) is 0.533. The van der Waals surface area contributed by atoms with Gasteiger partial charge >= 0.3 is 5.97 Å². The Bertz CT molecular complexity index is 144. The molecule has 1 fully saturated rings. The molecule has 0 N–H and O–H groups in total. The normalized spacial score (nSPS) is 31.5. The highest BCUT2D eigenvalue weighted by Gasteiger charge is 2.26. The second-order valence-electron chi connectivity index (χ2n) is 3.01. The first-order chi connectivity index (χ1) is 5.24. The lowest BCUT2D eigenvalue weighted by Gasteiger charge is -2.24. The van der Waals surface area contributed by atoms with Crippen molar-refractivity contribution in [3.05, 3.63) is 0 Å². The van der Waals surface area contributed by atoms with Crippen molar-refractivity contribution in [2.45, 2.75) is 25.9 Å². The van der Waals surface area contributed by atoms with Gasteiger partial charge in [-0.2, -0.15) is 0 Å². The van der Waals surface area contributed by atoms with Crippen LogP contribution in [-0.2, 0) is 14.3 Å². The summed E-state index contributed by atoms with van der Waals surface area (Å²) in [7, 11) is 1.39. The van der Waals surface area contributed by atoms with E-state index < -0.39 is 0 Å². The molecule has 3 heteroatoms. The lowest BCUT2D eigenvalue weighted by atomic mass is 9.98. The third-order valence-electron chi connectivity index (χ3n) is 2.01. The van der Waals surface area contributed by atoms with E-state index in [2.05, 4.69) is 11.7 Å². The summed E-state index contributed by atoms with van der Waals surface area (Å²) in [6.07, 6.45) is 1.53. The van der Waals surface area contributed by atoms with Gasteiger partial charge in [0.25, 0.3) is 0 Å². The van der Waals surface area contributed by atoms with Gasteiger partial charge in [0.05, 0.1) is 7.11 Å². The van der Waals surface area contributed by atoms with Crippen LogP contribution in [0.5, 0.6) is 0 Å². The van der Waals surface area contributed by atoms with Crippen molar-refractivity contribution in [1.82, 2.24) is 0 Å². The standard InChI is InChI=1S/C8H14O3/c1-6-3-4-11-7(5-6)8(9)10-2/h6-7H,3-5H2,1-2H3. The van der Waals surface area contributed by atoms with Crippen LogP contribution in [0.2, 0.25) is 0 Å². The average molecular weight is 158 g/mol. The summed E-state index contributed by atoms with van der Waals surface area (Å²) in [6, 6.07) is 0. The van der Waals surface area contributed by atoms with Gasteiger partial charge in [0, 0.05) is 6.61 Å². The molecule has 1 aliphatic heterocycles. The Morgan fingerprint density at radius 3 is 2.91 bits per heavy atom. The van der Waals surface area contributed by atoms with Crippen LogP contribution >= 0.6 is 0 Å². The smallest absolute Gasteiger partial charge is 0.334 e. The minimum atomic E-state index is -0.316. The maximum Gasteiger partial charge on any atom is 0.334 e. The maximum absolute atomic E-state index is 11.0. The fraction of sp³-hybridized carbons (Fsp3) is 0.875. The molecule has 0 saturated carbocycles. The van der Waals surface area contributed by atoms with Gasteiger partial charge in [-0.25, -0.2) is 4.79 Å². The van der Waals surface area contributed by atoms with E-state index in [9.17, 15) is 4.79 Å². The van der Waals surface area contributed by atoms with E-state index >= 15 is 0 Å². The molecule has 11 heavy (non-hydrogen) atoms. The number of esters is 1. The maximum atomic E-state index is 11.0. The monoisotopic (exact) mass is 158 g/mol. The number of ether oxygens (including phenoxy) is 2. The van der Waals surface area contributed by atoms with Crippen LogP contribution in [0.15, 0.2) is 0 Å². The molecular weight excluding hydrogens is 144 g/mol. The van der Waals surface area contributed by atoms with Crippen LogP contribution in [0, 0.1) is 5.92 Å². The van der Waals surface area contributed by atoms with Gasteiger partial charge < -0.3 is 9.47 Å². The first-order valence-electron chi connectivity index (χ1n) is 3.93. The molecule has 2 atom stereocenters. The molecular formula is C8H14O3. The molecule has 0 spiro atoms. The van der Waals surface area contributed by atoms with E-state index in [4.69, 9.17) is 4.74 Å². The van der Waals surface area contributed by atoms with Gasteiger partial charge in [0.15, 0.2) is 6.10 Å². The van der Waals surface area contributed by atoms with Gasteiger partial charge in [-0.15, -0.1) is 0 Å². The predicted octanol–water partition coefficient (Wildman–Crippen LogP) is 0.974. The molecule has 0 aliphatic carbocycles. The summed E-state index contributed by atoms with van der Waals surface area (Å²) in [4.78, 5) is 11.0. The van der Waals surface area contributed by atoms with Gasteiger partial charge in [-0.05, 0) is 18.8 Å². The molecule has 1 rings (SSSR count). The third kappa shape index (κ3) is 2.19. The zero-order valence-corrected chi connectivity index (χ0v) is 7.00. The molecule has 64 valence electrons. The fourth-order valence-corrected chi connectivity index (χ4v) is 1.26. The van der Waals surface area contributed by atoms with Crippen LogP contribution in [0.25, 0.3) is 0 Å². The molecule has 0 amide bonds. The topological polar surface area (TPSA) is 35.5 Å². The van der Waals surface area contributed by atoms with Crippen molar-refractivity contribution >= 4 is 5.97 Å². The largest absolute Gasteiger partial charge is 0.467 e. The minimum Gasteiger partial charge on any atom is -0.467 e. The van der Waals surface area contributed by atoms with Crippen molar-refractivity contribution in [3.63, 3.8) is 0 Å². The first kappa shape index (κ1) is 8.53. The van der Waals surface area contributed by atoms with E-state index in [1.54, 1.807) is 0 Å². The number of hydrogen-bond donors (Lipinski definition) is 0. The average Bonchev–Trinajstić information content (AvgIpc) is 2.03. The molecule has 1 aliphatic rings. The van der Waals surface area contributed by atoms with Gasteiger partial charge in [-0.1, -0.05) is 6.92 Å². The summed E-state index contributed by atoms with van der Waals surface area (Å²) in [5, 5.41) is 0. The summed E-state index contributed by atoms with van der Waals surface area (Å²) in [5.74, 6) is 0.337. The fourth-order valence-electron chi connectivity index (χ4n) is 1.26. The molecule has 0 aromatic carbocycles. The van der Waals surface area contributed by atoms with Gasteiger partial charge in [0.1, 0.15) is 0 Å². The SMILES string of the molecule is COC(=O)C1CC(C)CCO1. The molecule has 0 bridgehead atoms. The zero-order valence-electron chi connectivity index (χ0n) is 7.00. The molecule has 0 aromatic heterocycles. The van der Waals surface area contributed by atoms with E-state index in [1.165, 1.54) is 7.11 Å². The van der Waals surface area contributed by atoms with Crippen molar-refractivity contribution in [2.24, 2.45) is 5.92 Å². The molecule has 1 saturated heterocycles. The predicted molar refractivity (Wildman–Crippen MR) is 40.2 cm³/mol. The van der Waals surface area contributed by atoms with E-state index in [1.807, 2.05) is 0 Å². The van der Waals surface area contributed by atoms with E-state index in [0.717, 1.165) is 12.8 Å². The highest BCUT2D eigenvalue weighted by Crippen LogP contribution is 2.19. The highest BCUT2D eigenvalue weighted by molar-refractivity contribution is 5.74. The van der Waals surface area contributed by atoms with Crippen molar-refractivity contribution in [2.75, 3.05) is 13.7 Å². The van der Waals surface area contributed by atoms with Gasteiger partial charge in [0.2, 0.25) is 0 Å². The van der Waals surface area contributed by atoms with Gasteiger partial charge in [-0.3, -0.25) is 0 Å². The Morgan fingerprint density at radius 2 is 2.36 bits per heavy atom. The summed E-state index contributed by atoms with van der Waals surface area (Å²) in [6.45, 7) is 2.80. The zero-order chi connectivity index (χ0) is 8.27. The summed E-state index contributed by atoms with van der Waals surface area (Å²) < 4.78 is 9.80. The van der Waals surface area contributed by atoms with Crippen LogP contribution in [0.3, 0.4) is 0 Å². The lowest BCUT2D eigenvalue weighted by molar-refractivity contribution is -0.158.